The summed E-state index contributed by atoms with van der Waals surface area (Å²) in [4.78, 5) is 27.8. The molecule has 4 nitrogen and oxygen atoms in total. The molecule has 0 aliphatic carbocycles. The van der Waals surface area contributed by atoms with Gasteiger partial charge in [0.1, 0.15) is 5.82 Å². The van der Waals surface area contributed by atoms with Gasteiger partial charge in [-0.1, -0.05) is 0 Å². The molecule has 0 bridgehead atoms. The number of Topliss-reactive ketones (excluding diaryl/α,β-unsaturated/α-hetero) is 1. The van der Waals surface area contributed by atoms with Gasteiger partial charge in [0.05, 0.1) is 12.6 Å². The molecule has 1 unspecified atom stereocenters. The third-order valence-electron chi connectivity index (χ3n) is 3.67. The van der Waals surface area contributed by atoms with E-state index >= 15 is 0 Å². The fraction of sp³-hybridized carbons (Fsp3) is 0.500. The number of carbonyl (C=O) groups is 2. The summed E-state index contributed by atoms with van der Waals surface area (Å²) in [5, 5.41) is 0. The van der Waals surface area contributed by atoms with E-state index in [1.165, 1.54) is 24.3 Å². The van der Waals surface area contributed by atoms with Gasteiger partial charge in [-0.2, -0.15) is 0 Å². The van der Waals surface area contributed by atoms with Crippen LogP contribution >= 0.6 is 0 Å². The summed E-state index contributed by atoms with van der Waals surface area (Å²) in [6, 6.07) is 5.03. The van der Waals surface area contributed by atoms with Gasteiger partial charge in [-0.3, -0.25) is 14.5 Å². The van der Waals surface area contributed by atoms with E-state index in [2.05, 4.69) is 0 Å². The Morgan fingerprint density at radius 2 is 1.67 bits per heavy atom. The summed E-state index contributed by atoms with van der Waals surface area (Å²) < 4.78 is 12.9. The molecule has 0 saturated carbocycles. The van der Waals surface area contributed by atoms with Gasteiger partial charge in [-0.15, -0.1) is 0 Å². The lowest BCUT2D eigenvalue weighted by Crippen LogP contribution is -2.44. The van der Waals surface area contributed by atoms with Crippen molar-refractivity contribution >= 4 is 11.7 Å². The Morgan fingerprint density at radius 1 is 1.14 bits per heavy atom. The molecule has 0 fully saturated rings. The number of halogens is 1. The SMILES string of the molecule is CCN(CC)C(=O)CN(C)C(C)C(=O)c1ccc(F)cc1. The van der Waals surface area contributed by atoms with E-state index in [9.17, 15) is 14.0 Å². The summed E-state index contributed by atoms with van der Waals surface area (Å²) in [6.07, 6.45) is 0. The van der Waals surface area contributed by atoms with Gasteiger partial charge in [0.25, 0.3) is 0 Å². The smallest absolute Gasteiger partial charge is 0.236 e. The van der Waals surface area contributed by atoms with E-state index in [0.717, 1.165) is 0 Å². The summed E-state index contributed by atoms with van der Waals surface area (Å²) in [6.45, 7) is 7.10. The summed E-state index contributed by atoms with van der Waals surface area (Å²) in [5.41, 5.74) is 0.450. The van der Waals surface area contributed by atoms with Crippen LogP contribution in [0.25, 0.3) is 0 Å². The highest BCUT2D eigenvalue weighted by Crippen LogP contribution is 2.09. The Morgan fingerprint density at radius 3 is 2.14 bits per heavy atom. The van der Waals surface area contributed by atoms with Crippen LogP contribution < -0.4 is 0 Å². The van der Waals surface area contributed by atoms with Gasteiger partial charge in [0.15, 0.2) is 5.78 Å². The van der Waals surface area contributed by atoms with Crippen molar-refractivity contribution in [3.63, 3.8) is 0 Å². The number of amides is 1. The molecule has 1 rings (SSSR count). The molecule has 21 heavy (non-hydrogen) atoms. The summed E-state index contributed by atoms with van der Waals surface area (Å²) >= 11 is 0. The maximum atomic E-state index is 12.9. The second-order valence-electron chi connectivity index (χ2n) is 5.03. The highest BCUT2D eigenvalue weighted by molar-refractivity contribution is 6.00. The molecular weight excluding hydrogens is 271 g/mol. The fourth-order valence-corrected chi connectivity index (χ4v) is 2.08. The number of nitrogens with zero attached hydrogens (tertiary/aromatic N) is 2. The molecule has 5 heteroatoms. The third kappa shape index (κ3) is 4.63. The van der Waals surface area contributed by atoms with Gasteiger partial charge in [-0.25, -0.2) is 4.39 Å². The molecule has 0 aliphatic rings. The van der Waals surface area contributed by atoms with Gasteiger partial charge < -0.3 is 4.90 Å². The first-order chi connectivity index (χ1) is 9.90. The van der Waals surface area contributed by atoms with Crippen LogP contribution in [0.2, 0.25) is 0 Å². The van der Waals surface area contributed by atoms with Crippen LogP contribution in [0.5, 0.6) is 0 Å². The van der Waals surface area contributed by atoms with Crippen LogP contribution in [0.3, 0.4) is 0 Å². The number of ketones is 1. The predicted octanol–water partition coefficient (Wildman–Crippen LogP) is 2.20. The third-order valence-corrected chi connectivity index (χ3v) is 3.67. The second-order valence-corrected chi connectivity index (χ2v) is 5.03. The minimum absolute atomic E-state index is 0.00116. The first kappa shape index (κ1) is 17.3. The number of rotatable bonds is 7. The first-order valence-corrected chi connectivity index (χ1v) is 7.18. The number of benzene rings is 1. The van der Waals surface area contributed by atoms with Crippen LogP contribution in [0.4, 0.5) is 4.39 Å². The van der Waals surface area contributed by atoms with Crippen molar-refractivity contribution in [3.05, 3.63) is 35.6 Å². The summed E-state index contributed by atoms with van der Waals surface area (Å²) in [5.74, 6) is -0.490. The molecule has 0 aromatic heterocycles. The fourth-order valence-electron chi connectivity index (χ4n) is 2.08. The van der Waals surface area contributed by atoms with Crippen LogP contribution in [0, 0.1) is 5.82 Å². The number of carbonyl (C=O) groups excluding carboxylic acids is 2. The second kappa shape index (κ2) is 7.88. The molecule has 1 atom stereocenters. The Hall–Kier alpha value is -1.75. The van der Waals surface area contributed by atoms with Crippen LogP contribution in [-0.4, -0.2) is 54.2 Å². The molecule has 0 N–H and O–H groups in total. The Kier molecular flexibility index (Phi) is 6.49. The van der Waals surface area contributed by atoms with Crippen LogP contribution in [0.1, 0.15) is 31.1 Å². The minimum Gasteiger partial charge on any atom is -0.342 e. The molecule has 0 spiro atoms. The van der Waals surface area contributed by atoms with Crippen molar-refractivity contribution in [1.82, 2.24) is 9.80 Å². The van der Waals surface area contributed by atoms with Crippen molar-refractivity contribution in [2.75, 3.05) is 26.7 Å². The van der Waals surface area contributed by atoms with Crippen molar-refractivity contribution in [3.8, 4) is 0 Å². The summed E-state index contributed by atoms with van der Waals surface area (Å²) in [7, 11) is 1.74. The minimum atomic E-state index is -0.435. The van der Waals surface area contributed by atoms with Gasteiger partial charge in [0.2, 0.25) is 5.91 Å². The topological polar surface area (TPSA) is 40.6 Å². The zero-order valence-electron chi connectivity index (χ0n) is 13.1. The molecule has 0 aliphatic heterocycles. The highest BCUT2D eigenvalue weighted by Gasteiger charge is 2.22. The quantitative estimate of drug-likeness (QED) is 0.724. The average molecular weight is 294 g/mol. The molecule has 1 aromatic rings. The Bertz CT molecular complexity index is 484. The van der Waals surface area contributed by atoms with Gasteiger partial charge in [-0.05, 0) is 52.1 Å². The molecular formula is C16H23FN2O2. The molecule has 1 aromatic carbocycles. The van der Waals surface area contributed by atoms with E-state index in [0.29, 0.717) is 18.7 Å². The lowest BCUT2D eigenvalue weighted by Gasteiger charge is -2.26. The number of hydrogen-bond acceptors (Lipinski definition) is 3. The lowest BCUT2D eigenvalue weighted by atomic mass is 10.0. The van der Waals surface area contributed by atoms with Crippen molar-refractivity contribution in [2.45, 2.75) is 26.8 Å². The average Bonchev–Trinajstić information content (AvgIpc) is 2.47. The Labute approximate surface area is 125 Å². The largest absolute Gasteiger partial charge is 0.342 e. The molecule has 0 heterocycles. The standard InChI is InChI=1S/C16H23FN2O2/c1-5-19(6-2)15(20)11-18(4)12(3)16(21)13-7-9-14(17)10-8-13/h7-10,12H,5-6,11H2,1-4H3. The van der Waals surface area contributed by atoms with E-state index in [4.69, 9.17) is 0 Å². The highest BCUT2D eigenvalue weighted by atomic mass is 19.1. The van der Waals surface area contributed by atoms with Crippen LogP contribution in [0.15, 0.2) is 24.3 Å². The maximum absolute atomic E-state index is 12.9. The predicted molar refractivity (Wildman–Crippen MR) is 80.8 cm³/mol. The van der Waals surface area contributed by atoms with E-state index in [1.807, 2.05) is 13.8 Å². The first-order valence-electron chi connectivity index (χ1n) is 7.18. The Balaban J connectivity index is 2.69. The van der Waals surface area contributed by atoms with Crippen LogP contribution in [-0.2, 0) is 4.79 Å². The molecule has 1 amide bonds. The lowest BCUT2D eigenvalue weighted by molar-refractivity contribution is -0.131. The van der Waals surface area contributed by atoms with E-state index in [1.54, 1.807) is 23.8 Å². The van der Waals surface area contributed by atoms with Crippen molar-refractivity contribution < 1.29 is 14.0 Å². The number of hydrogen-bond donors (Lipinski definition) is 0. The monoisotopic (exact) mass is 294 g/mol. The van der Waals surface area contributed by atoms with E-state index in [-0.39, 0.29) is 24.1 Å². The van der Waals surface area contributed by atoms with Crippen molar-refractivity contribution in [2.24, 2.45) is 0 Å². The molecule has 116 valence electrons. The van der Waals surface area contributed by atoms with E-state index < -0.39 is 6.04 Å². The maximum Gasteiger partial charge on any atom is 0.236 e. The van der Waals surface area contributed by atoms with Gasteiger partial charge >= 0.3 is 0 Å². The normalized spacial score (nSPS) is 12.3. The zero-order chi connectivity index (χ0) is 16.0. The molecule has 0 radical (unpaired) electrons. The van der Waals surface area contributed by atoms with Crippen molar-refractivity contribution in [1.29, 1.82) is 0 Å². The zero-order valence-corrected chi connectivity index (χ0v) is 13.1. The molecule has 0 saturated heterocycles. The van der Waals surface area contributed by atoms with Gasteiger partial charge in [0, 0.05) is 18.7 Å². The number of likely N-dealkylation sites (N-methyl/N-ethyl adjacent to an activating group) is 2.